The van der Waals surface area contributed by atoms with Crippen LogP contribution in [0.4, 0.5) is 0 Å². The number of hydrogen-bond donors (Lipinski definition) is 3. The third kappa shape index (κ3) is 2.75. The Kier molecular flexibility index (Phi) is 3.73. The van der Waals surface area contributed by atoms with Crippen LogP contribution in [0.1, 0.15) is 15.9 Å². The summed E-state index contributed by atoms with van der Waals surface area (Å²) in [6, 6.07) is 7.30. The van der Waals surface area contributed by atoms with Crippen LogP contribution in [0.2, 0.25) is 0 Å². The van der Waals surface area contributed by atoms with Gasteiger partial charge in [-0.15, -0.1) is 0 Å². The van der Waals surface area contributed by atoms with Crippen molar-refractivity contribution in [2.45, 2.75) is 6.42 Å². The highest BCUT2D eigenvalue weighted by molar-refractivity contribution is 6.04. The largest absolute Gasteiger partial charge is 0.508 e. The van der Waals surface area contributed by atoms with E-state index in [2.05, 4.69) is 0 Å². The fourth-order valence-electron chi connectivity index (χ4n) is 2.70. The summed E-state index contributed by atoms with van der Waals surface area (Å²) < 4.78 is 10.6. The number of methoxy groups -OCH3 is 1. The van der Waals surface area contributed by atoms with Crippen LogP contribution < -0.4 is 9.47 Å². The molecule has 2 aromatic carbocycles. The lowest BCUT2D eigenvalue weighted by Gasteiger charge is -2.25. The molecule has 1 aliphatic rings. The Bertz CT molecular complexity index is 768. The molecule has 0 saturated carbocycles. The second kappa shape index (κ2) is 5.72. The Balaban J connectivity index is 1.87. The molecule has 23 heavy (non-hydrogen) atoms. The number of phenols is 3. The second-order valence-corrected chi connectivity index (χ2v) is 5.42. The second-order valence-electron chi connectivity index (χ2n) is 5.42. The lowest BCUT2D eigenvalue weighted by atomic mass is 9.89. The lowest BCUT2D eigenvalue weighted by molar-refractivity contribution is 0.0826. The van der Waals surface area contributed by atoms with Crippen LogP contribution in [0.25, 0.3) is 0 Å². The number of Topliss-reactive ketones (excluding diaryl/α,β-unsaturated/α-hetero) is 1. The maximum absolute atomic E-state index is 12.6. The predicted octanol–water partition coefficient (Wildman–Crippen LogP) is 2.25. The molecule has 0 radical (unpaired) electrons. The molecule has 0 aromatic heterocycles. The van der Waals surface area contributed by atoms with Gasteiger partial charge in [0.15, 0.2) is 17.3 Å². The number of rotatable bonds is 3. The molecular formula is C17H16O6. The predicted molar refractivity (Wildman–Crippen MR) is 81.4 cm³/mol. The summed E-state index contributed by atoms with van der Waals surface area (Å²) >= 11 is 0. The molecule has 6 nitrogen and oxygen atoms in total. The number of hydrogen-bond acceptors (Lipinski definition) is 6. The average Bonchev–Trinajstić information content (AvgIpc) is 2.51. The van der Waals surface area contributed by atoms with Crippen LogP contribution in [0.5, 0.6) is 28.7 Å². The van der Waals surface area contributed by atoms with Crippen LogP contribution in [0.15, 0.2) is 30.3 Å². The van der Waals surface area contributed by atoms with Crippen molar-refractivity contribution < 1.29 is 29.6 Å². The van der Waals surface area contributed by atoms with Crippen molar-refractivity contribution in [2.24, 2.45) is 5.92 Å². The number of carbonyl (C=O) groups is 1. The van der Waals surface area contributed by atoms with Crippen LogP contribution in [-0.4, -0.2) is 34.8 Å². The minimum absolute atomic E-state index is 0.0286. The highest BCUT2D eigenvalue weighted by Gasteiger charge is 2.32. The minimum atomic E-state index is -0.466. The fourth-order valence-corrected chi connectivity index (χ4v) is 2.70. The van der Waals surface area contributed by atoms with Crippen molar-refractivity contribution in [1.82, 2.24) is 0 Å². The molecular weight excluding hydrogens is 300 g/mol. The molecule has 1 heterocycles. The number of benzene rings is 2. The molecule has 3 rings (SSSR count). The smallest absolute Gasteiger partial charge is 0.177 e. The summed E-state index contributed by atoms with van der Waals surface area (Å²) in [7, 11) is 1.45. The number of carbonyl (C=O) groups excluding carboxylic acids is 1. The van der Waals surface area contributed by atoms with E-state index in [0.29, 0.717) is 12.2 Å². The van der Waals surface area contributed by atoms with Crippen LogP contribution >= 0.6 is 0 Å². The van der Waals surface area contributed by atoms with Crippen LogP contribution in [-0.2, 0) is 6.42 Å². The van der Waals surface area contributed by atoms with Crippen molar-refractivity contribution in [2.75, 3.05) is 13.7 Å². The Labute approximate surface area is 132 Å². The number of phenolic OH excluding ortho intramolecular Hbond substituents is 3. The summed E-state index contributed by atoms with van der Waals surface area (Å²) in [6.45, 7) is 0.151. The van der Waals surface area contributed by atoms with E-state index in [1.165, 1.54) is 19.2 Å². The first-order valence-electron chi connectivity index (χ1n) is 7.08. The van der Waals surface area contributed by atoms with E-state index >= 15 is 0 Å². The van der Waals surface area contributed by atoms with Crippen molar-refractivity contribution in [1.29, 1.82) is 0 Å². The van der Waals surface area contributed by atoms with Crippen LogP contribution in [0.3, 0.4) is 0 Å². The van der Waals surface area contributed by atoms with E-state index in [0.717, 1.165) is 11.6 Å². The number of ketones is 1. The Morgan fingerprint density at radius 3 is 2.70 bits per heavy atom. The first kappa shape index (κ1) is 15.0. The molecule has 0 bridgehead atoms. The molecule has 1 aliphatic heterocycles. The van der Waals surface area contributed by atoms with Gasteiger partial charge in [0, 0.05) is 12.1 Å². The Hall–Kier alpha value is -2.89. The molecule has 120 valence electrons. The molecule has 0 amide bonds. The van der Waals surface area contributed by atoms with Gasteiger partial charge in [-0.25, -0.2) is 0 Å². The van der Waals surface area contributed by atoms with E-state index in [1.54, 1.807) is 12.1 Å². The molecule has 0 unspecified atom stereocenters. The monoisotopic (exact) mass is 316 g/mol. The highest BCUT2D eigenvalue weighted by Crippen LogP contribution is 2.38. The molecule has 3 N–H and O–H groups in total. The zero-order valence-electron chi connectivity index (χ0n) is 12.4. The highest BCUT2D eigenvalue weighted by atomic mass is 16.5. The molecule has 0 spiro atoms. The van der Waals surface area contributed by atoms with Gasteiger partial charge in [-0.2, -0.15) is 0 Å². The zero-order chi connectivity index (χ0) is 16.6. The maximum Gasteiger partial charge on any atom is 0.177 e. The van der Waals surface area contributed by atoms with Crippen molar-refractivity contribution in [3.05, 3.63) is 41.5 Å². The van der Waals surface area contributed by atoms with E-state index in [9.17, 15) is 20.1 Å². The minimum Gasteiger partial charge on any atom is -0.508 e. The zero-order valence-corrected chi connectivity index (χ0v) is 12.4. The van der Waals surface area contributed by atoms with E-state index in [1.807, 2.05) is 0 Å². The van der Waals surface area contributed by atoms with Gasteiger partial charge in [0.2, 0.25) is 0 Å². The maximum atomic E-state index is 12.6. The molecule has 1 atom stereocenters. The van der Waals surface area contributed by atoms with Gasteiger partial charge in [0.05, 0.1) is 19.6 Å². The van der Waals surface area contributed by atoms with Gasteiger partial charge in [-0.05, 0) is 24.1 Å². The topological polar surface area (TPSA) is 96.2 Å². The van der Waals surface area contributed by atoms with E-state index < -0.39 is 5.92 Å². The van der Waals surface area contributed by atoms with Gasteiger partial charge in [-0.1, -0.05) is 6.07 Å². The SMILES string of the molecule is COc1cc(C[C@H]2COc3cc(O)cc(O)c3C2=O)ccc1O. The van der Waals surface area contributed by atoms with Gasteiger partial charge in [0.1, 0.15) is 22.8 Å². The van der Waals surface area contributed by atoms with Crippen molar-refractivity contribution in [3.8, 4) is 28.7 Å². The molecule has 0 saturated heterocycles. The molecule has 0 fully saturated rings. The quantitative estimate of drug-likeness (QED) is 0.803. The number of ether oxygens (including phenoxy) is 2. The Morgan fingerprint density at radius 1 is 1.17 bits per heavy atom. The first-order valence-corrected chi connectivity index (χ1v) is 7.08. The lowest BCUT2D eigenvalue weighted by Crippen LogP contribution is -2.29. The third-order valence-electron chi connectivity index (χ3n) is 3.85. The first-order chi connectivity index (χ1) is 11.0. The summed E-state index contributed by atoms with van der Waals surface area (Å²) in [6.07, 6.45) is 0.384. The molecule has 6 heteroatoms. The summed E-state index contributed by atoms with van der Waals surface area (Å²) in [5.74, 6) is -0.607. The summed E-state index contributed by atoms with van der Waals surface area (Å²) in [4.78, 5) is 12.6. The molecule has 2 aromatic rings. The van der Waals surface area contributed by atoms with Gasteiger partial charge in [-0.3, -0.25) is 4.79 Å². The van der Waals surface area contributed by atoms with E-state index in [4.69, 9.17) is 9.47 Å². The average molecular weight is 316 g/mol. The standard InChI is InChI=1S/C17H16O6/c1-22-14-5-9(2-3-12(14)19)4-10-8-23-15-7-11(18)6-13(20)16(15)17(10)21/h2-3,5-7,10,18-20H,4,8H2,1H3/t10-/m0/s1. The summed E-state index contributed by atoms with van der Waals surface area (Å²) in [5, 5.41) is 29.0. The summed E-state index contributed by atoms with van der Waals surface area (Å²) in [5.41, 5.74) is 0.896. The van der Waals surface area contributed by atoms with Gasteiger partial charge < -0.3 is 24.8 Å². The Morgan fingerprint density at radius 2 is 1.96 bits per heavy atom. The van der Waals surface area contributed by atoms with Crippen LogP contribution in [0, 0.1) is 5.92 Å². The van der Waals surface area contributed by atoms with Crippen molar-refractivity contribution in [3.63, 3.8) is 0 Å². The molecule has 0 aliphatic carbocycles. The number of fused-ring (bicyclic) bond motifs is 1. The van der Waals surface area contributed by atoms with E-state index in [-0.39, 0.29) is 41.0 Å². The van der Waals surface area contributed by atoms with Gasteiger partial charge >= 0.3 is 0 Å². The normalized spacial score (nSPS) is 16.6. The third-order valence-corrected chi connectivity index (χ3v) is 3.85. The van der Waals surface area contributed by atoms with Crippen molar-refractivity contribution >= 4 is 5.78 Å². The number of aromatic hydroxyl groups is 3. The van der Waals surface area contributed by atoms with Gasteiger partial charge in [0.25, 0.3) is 0 Å². The fraction of sp³-hybridized carbons (Fsp3) is 0.235.